The second-order valence-electron chi connectivity index (χ2n) is 10.9. The van der Waals surface area contributed by atoms with Crippen molar-refractivity contribution in [3.05, 3.63) is 53.3 Å². The van der Waals surface area contributed by atoms with E-state index in [-0.39, 0.29) is 18.2 Å². The molecule has 0 bridgehead atoms. The third-order valence-electron chi connectivity index (χ3n) is 7.22. The molecule has 1 aromatic heterocycles. The second-order valence-corrected chi connectivity index (χ2v) is 10.9. The number of hydrogen-bond donors (Lipinski definition) is 1. The minimum atomic E-state index is -0.499. The van der Waals surface area contributed by atoms with Crippen molar-refractivity contribution in [2.75, 3.05) is 30.8 Å². The first-order chi connectivity index (χ1) is 16.5. The van der Waals surface area contributed by atoms with Crippen LogP contribution in [-0.4, -0.2) is 46.5 Å². The molecule has 3 heterocycles. The molecule has 35 heavy (non-hydrogen) atoms. The molecule has 2 N–H and O–H groups in total. The number of aryl methyl sites for hydroxylation is 2. The van der Waals surface area contributed by atoms with Crippen molar-refractivity contribution in [2.24, 2.45) is 0 Å². The number of rotatable bonds is 2. The van der Waals surface area contributed by atoms with Crippen LogP contribution >= 0.6 is 0 Å². The predicted molar refractivity (Wildman–Crippen MR) is 141 cm³/mol. The minimum Gasteiger partial charge on any atom is -0.444 e. The summed E-state index contributed by atoms with van der Waals surface area (Å²) in [6.45, 7) is 13.3. The van der Waals surface area contributed by atoms with Crippen LogP contribution in [0.5, 0.6) is 0 Å². The summed E-state index contributed by atoms with van der Waals surface area (Å²) in [6.07, 6.45) is 1.69. The molecule has 7 nitrogen and oxygen atoms in total. The fraction of sp³-hybridized carbons (Fsp3) is 0.429. The Balaban J connectivity index is 1.52. The average Bonchev–Trinajstić information content (AvgIpc) is 3.14. The van der Waals surface area contributed by atoms with Crippen molar-refractivity contribution >= 4 is 17.5 Å². The molecule has 1 unspecified atom stereocenters. The molecule has 1 atom stereocenters. The molecule has 2 aliphatic rings. The first kappa shape index (κ1) is 23.3. The van der Waals surface area contributed by atoms with Crippen LogP contribution in [0.15, 0.2) is 36.5 Å². The molecule has 0 aliphatic carbocycles. The van der Waals surface area contributed by atoms with Crippen molar-refractivity contribution in [3.63, 3.8) is 0 Å². The summed E-state index contributed by atoms with van der Waals surface area (Å²) in [7, 11) is 2.09. The van der Waals surface area contributed by atoms with Crippen LogP contribution in [0.1, 0.15) is 56.6 Å². The number of carbonyl (C=O) groups is 1. The number of anilines is 2. The highest BCUT2D eigenvalue weighted by Crippen LogP contribution is 2.49. The highest BCUT2D eigenvalue weighted by molar-refractivity contribution is 5.95. The zero-order chi connectivity index (χ0) is 25.2. The summed E-state index contributed by atoms with van der Waals surface area (Å²) in [4.78, 5) is 16.4. The summed E-state index contributed by atoms with van der Waals surface area (Å²) in [5.41, 5.74) is 16.2. The second kappa shape index (κ2) is 8.04. The van der Waals surface area contributed by atoms with Gasteiger partial charge in [0.15, 0.2) is 0 Å². The Kier molecular flexibility index (Phi) is 5.34. The zero-order valence-electron chi connectivity index (χ0n) is 21.7. The van der Waals surface area contributed by atoms with Gasteiger partial charge in [-0.25, -0.2) is 4.79 Å². The molecule has 5 rings (SSSR count). The van der Waals surface area contributed by atoms with Gasteiger partial charge >= 0.3 is 6.09 Å². The maximum absolute atomic E-state index is 12.4. The molecule has 2 aliphatic heterocycles. The first-order valence-electron chi connectivity index (χ1n) is 12.2. The summed E-state index contributed by atoms with van der Waals surface area (Å²) in [5.74, 6) is 0. The van der Waals surface area contributed by atoms with Crippen LogP contribution in [0.25, 0.3) is 22.3 Å². The number of aromatic nitrogens is 2. The van der Waals surface area contributed by atoms with E-state index in [1.165, 1.54) is 16.7 Å². The van der Waals surface area contributed by atoms with E-state index < -0.39 is 5.60 Å². The number of carbonyl (C=O) groups excluding carboxylic acids is 1. The van der Waals surface area contributed by atoms with E-state index in [9.17, 15) is 4.79 Å². The number of fused-ring (bicyclic) bond motifs is 3. The van der Waals surface area contributed by atoms with Crippen LogP contribution in [0.3, 0.4) is 0 Å². The topological polar surface area (TPSA) is 76.6 Å². The van der Waals surface area contributed by atoms with Gasteiger partial charge in [-0.1, -0.05) is 18.2 Å². The van der Waals surface area contributed by atoms with Crippen molar-refractivity contribution < 1.29 is 9.53 Å². The van der Waals surface area contributed by atoms with Crippen LogP contribution in [0.2, 0.25) is 0 Å². The molecule has 1 fully saturated rings. The lowest BCUT2D eigenvalue weighted by Crippen LogP contribution is -2.53. The lowest BCUT2D eigenvalue weighted by Gasteiger charge is -2.42. The number of likely N-dealkylation sites (tertiary alicyclic amines) is 1. The van der Waals surface area contributed by atoms with Crippen LogP contribution in [0.4, 0.5) is 16.2 Å². The summed E-state index contributed by atoms with van der Waals surface area (Å²) < 4.78 is 7.63. The number of nitrogen functional groups attached to an aromatic ring is 1. The smallest absolute Gasteiger partial charge is 0.410 e. The predicted octanol–water partition coefficient (Wildman–Crippen LogP) is 5.72. The third-order valence-corrected chi connectivity index (χ3v) is 7.22. The van der Waals surface area contributed by atoms with Gasteiger partial charge in [0.05, 0.1) is 35.3 Å². The van der Waals surface area contributed by atoms with Gasteiger partial charge in [0.1, 0.15) is 5.60 Å². The van der Waals surface area contributed by atoms with E-state index in [2.05, 4.69) is 67.7 Å². The monoisotopic (exact) mass is 473 g/mol. The SMILES string of the molecule is Cc1cccc(C)c1-c1cc(N)c2c(c1)-c1cnn(C3CN(C(=O)OC(C)(C)C)C3)c1C(C)N2C. The fourth-order valence-corrected chi connectivity index (χ4v) is 5.42. The van der Waals surface area contributed by atoms with E-state index >= 15 is 0 Å². The summed E-state index contributed by atoms with van der Waals surface area (Å²) >= 11 is 0. The Bertz CT molecular complexity index is 1290. The molecular formula is C28H35N5O2. The number of hydrogen-bond acceptors (Lipinski definition) is 5. The van der Waals surface area contributed by atoms with E-state index in [4.69, 9.17) is 15.6 Å². The van der Waals surface area contributed by atoms with Crippen molar-refractivity contribution in [3.8, 4) is 22.3 Å². The van der Waals surface area contributed by atoms with E-state index in [0.717, 1.165) is 33.8 Å². The summed E-state index contributed by atoms with van der Waals surface area (Å²) in [5, 5.41) is 4.81. The first-order valence-corrected chi connectivity index (χ1v) is 12.2. The molecule has 1 saturated heterocycles. The molecule has 7 heteroatoms. The van der Waals surface area contributed by atoms with Gasteiger partial charge in [-0.05, 0) is 75.9 Å². The zero-order valence-corrected chi connectivity index (χ0v) is 21.7. The van der Waals surface area contributed by atoms with Crippen LogP contribution < -0.4 is 10.6 Å². The normalized spacial score (nSPS) is 17.6. The molecular weight excluding hydrogens is 438 g/mol. The lowest BCUT2D eigenvalue weighted by molar-refractivity contribution is -0.000852. The highest BCUT2D eigenvalue weighted by atomic mass is 16.6. The number of nitrogens with zero attached hydrogens (tertiary/aromatic N) is 4. The summed E-state index contributed by atoms with van der Waals surface area (Å²) in [6, 6.07) is 10.9. The van der Waals surface area contributed by atoms with Gasteiger partial charge in [0.25, 0.3) is 0 Å². The van der Waals surface area contributed by atoms with E-state index in [1.54, 1.807) is 4.90 Å². The lowest BCUT2D eigenvalue weighted by atomic mass is 9.88. The number of amides is 1. The van der Waals surface area contributed by atoms with Crippen molar-refractivity contribution in [1.82, 2.24) is 14.7 Å². The van der Waals surface area contributed by atoms with Crippen LogP contribution in [0, 0.1) is 13.8 Å². The van der Waals surface area contributed by atoms with E-state index in [0.29, 0.717) is 13.1 Å². The standard InChI is InChI=1S/C28H35N5O2/c1-16-9-8-10-17(2)24(16)19-11-21-22-13-30-33(20-14-32(15-20)27(34)35-28(4,5)6)25(22)18(3)31(7)26(21)23(29)12-19/h8-13,18,20H,14-15,29H2,1-7H3. The largest absolute Gasteiger partial charge is 0.444 e. The van der Waals surface area contributed by atoms with E-state index in [1.807, 2.05) is 27.0 Å². The van der Waals surface area contributed by atoms with Gasteiger partial charge in [-0.2, -0.15) is 5.10 Å². The number of benzene rings is 2. The Morgan fingerprint density at radius 1 is 1.11 bits per heavy atom. The molecule has 184 valence electrons. The highest BCUT2D eigenvalue weighted by Gasteiger charge is 2.39. The van der Waals surface area contributed by atoms with Gasteiger partial charge in [-0.3, -0.25) is 4.68 Å². The van der Waals surface area contributed by atoms with Crippen molar-refractivity contribution in [1.29, 1.82) is 0 Å². The third kappa shape index (κ3) is 3.83. The fourth-order valence-electron chi connectivity index (χ4n) is 5.42. The maximum Gasteiger partial charge on any atom is 0.410 e. The minimum absolute atomic E-state index is 0.101. The maximum atomic E-state index is 12.4. The van der Waals surface area contributed by atoms with Crippen LogP contribution in [-0.2, 0) is 4.74 Å². The molecule has 2 aromatic carbocycles. The van der Waals surface area contributed by atoms with Gasteiger partial charge in [0, 0.05) is 31.3 Å². The molecule has 0 radical (unpaired) electrons. The number of ether oxygens (including phenoxy) is 1. The molecule has 3 aromatic rings. The Hall–Kier alpha value is -3.48. The Labute approximate surface area is 207 Å². The molecule has 0 spiro atoms. The number of nitrogens with two attached hydrogens (primary N) is 1. The van der Waals surface area contributed by atoms with Gasteiger partial charge < -0.3 is 20.3 Å². The quantitative estimate of drug-likeness (QED) is 0.482. The Morgan fingerprint density at radius 3 is 2.40 bits per heavy atom. The van der Waals surface area contributed by atoms with Crippen molar-refractivity contribution in [2.45, 2.75) is 59.2 Å². The van der Waals surface area contributed by atoms with Gasteiger partial charge in [-0.15, -0.1) is 0 Å². The Morgan fingerprint density at radius 2 is 1.77 bits per heavy atom. The molecule has 0 saturated carbocycles. The average molecular weight is 474 g/mol. The van der Waals surface area contributed by atoms with Gasteiger partial charge in [0.2, 0.25) is 0 Å². The molecule has 1 amide bonds.